The topological polar surface area (TPSA) is 64.8 Å². The molecular formula is C14H22N2O3. The van der Waals surface area contributed by atoms with Gasteiger partial charge in [-0.2, -0.15) is 0 Å². The lowest BCUT2D eigenvalue weighted by Gasteiger charge is -2.14. The van der Waals surface area contributed by atoms with Crippen molar-refractivity contribution in [3.63, 3.8) is 0 Å². The molecule has 1 aromatic rings. The van der Waals surface area contributed by atoms with E-state index in [1.807, 2.05) is 32.8 Å². The molecule has 0 aliphatic heterocycles. The van der Waals surface area contributed by atoms with Crippen LogP contribution in [-0.4, -0.2) is 44.2 Å². The van der Waals surface area contributed by atoms with Crippen molar-refractivity contribution in [2.24, 2.45) is 0 Å². The van der Waals surface area contributed by atoms with Crippen LogP contribution in [0.3, 0.4) is 0 Å². The lowest BCUT2D eigenvalue weighted by molar-refractivity contribution is 0.0377. The fourth-order valence-electron chi connectivity index (χ4n) is 1.41. The molecule has 0 aliphatic carbocycles. The fraction of sp³-hybridized carbons (Fsp3) is 0.500. The second-order valence-electron chi connectivity index (χ2n) is 4.86. The summed E-state index contributed by atoms with van der Waals surface area (Å²) in [6, 6.07) is 4.91. The molecular weight excluding hydrogens is 244 g/mol. The average Bonchev–Trinajstić information content (AvgIpc) is 2.30. The zero-order valence-electron chi connectivity index (χ0n) is 12.0. The van der Waals surface area contributed by atoms with Crippen molar-refractivity contribution in [1.82, 2.24) is 4.90 Å². The van der Waals surface area contributed by atoms with Gasteiger partial charge < -0.3 is 20.1 Å². The molecule has 0 aliphatic rings. The van der Waals surface area contributed by atoms with E-state index in [-0.39, 0.29) is 12.1 Å². The summed E-state index contributed by atoms with van der Waals surface area (Å²) in [5, 5.41) is 0. The monoisotopic (exact) mass is 266 g/mol. The number of benzene rings is 1. The molecule has 0 saturated heterocycles. The average molecular weight is 266 g/mol. The van der Waals surface area contributed by atoms with E-state index in [9.17, 15) is 4.79 Å². The van der Waals surface area contributed by atoms with Gasteiger partial charge in [-0.05, 0) is 46.1 Å². The number of nitrogens with zero attached hydrogens (tertiary/aromatic N) is 1. The molecule has 2 N–H and O–H groups in total. The summed E-state index contributed by atoms with van der Waals surface area (Å²) in [6.07, 6.45) is -0.150. The van der Waals surface area contributed by atoms with Gasteiger partial charge in [0.05, 0.1) is 17.4 Å². The molecule has 106 valence electrons. The second kappa shape index (κ2) is 6.99. The molecule has 5 heteroatoms. The minimum atomic E-state index is -0.368. The van der Waals surface area contributed by atoms with Crippen molar-refractivity contribution in [1.29, 1.82) is 0 Å². The van der Waals surface area contributed by atoms with Crippen LogP contribution in [-0.2, 0) is 4.74 Å². The van der Waals surface area contributed by atoms with Gasteiger partial charge in [0.15, 0.2) is 0 Å². The summed E-state index contributed by atoms with van der Waals surface area (Å²) in [4.78, 5) is 13.8. The van der Waals surface area contributed by atoms with Gasteiger partial charge in [-0.3, -0.25) is 0 Å². The molecule has 0 heterocycles. The highest BCUT2D eigenvalue weighted by Crippen LogP contribution is 2.23. The first kappa shape index (κ1) is 15.3. The molecule has 5 nitrogen and oxygen atoms in total. The number of anilines is 1. The lowest BCUT2D eigenvalue weighted by Crippen LogP contribution is -2.20. The van der Waals surface area contributed by atoms with Gasteiger partial charge in [0.25, 0.3) is 0 Å². The molecule has 1 rings (SSSR count). The van der Waals surface area contributed by atoms with Crippen molar-refractivity contribution in [3.8, 4) is 5.75 Å². The Morgan fingerprint density at radius 3 is 2.63 bits per heavy atom. The number of hydrogen-bond acceptors (Lipinski definition) is 5. The third-order valence-corrected chi connectivity index (χ3v) is 2.39. The predicted octanol–water partition coefficient (Wildman–Crippen LogP) is 1.77. The predicted molar refractivity (Wildman–Crippen MR) is 75.5 cm³/mol. The highest BCUT2D eigenvalue weighted by molar-refractivity contribution is 5.90. The first-order valence-corrected chi connectivity index (χ1v) is 6.28. The van der Waals surface area contributed by atoms with E-state index < -0.39 is 0 Å². The van der Waals surface area contributed by atoms with E-state index in [4.69, 9.17) is 15.2 Å². The maximum Gasteiger partial charge on any atom is 0.338 e. The van der Waals surface area contributed by atoms with Crippen molar-refractivity contribution in [3.05, 3.63) is 23.8 Å². The van der Waals surface area contributed by atoms with Gasteiger partial charge in [-0.1, -0.05) is 0 Å². The molecule has 0 aromatic heterocycles. The standard InChI is InChI=1S/C14H22N2O3/c1-10(2)19-14(17)11-5-6-12(15)13(9-11)18-8-7-16(3)4/h5-6,9-10H,7-8,15H2,1-4H3. The molecule has 1 aromatic carbocycles. The summed E-state index contributed by atoms with van der Waals surface area (Å²) in [6.45, 7) is 4.91. The van der Waals surface area contributed by atoms with E-state index in [2.05, 4.69) is 0 Å². The number of carbonyl (C=O) groups is 1. The molecule has 0 radical (unpaired) electrons. The Balaban J connectivity index is 2.73. The van der Waals surface area contributed by atoms with Crippen LogP contribution in [0, 0.1) is 0 Å². The van der Waals surface area contributed by atoms with Crippen molar-refractivity contribution in [2.45, 2.75) is 20.0 Å². The Labute approximate surface area is 114 Å². The van der Waals surface area contributed by atoms with Gasteiger partial charge in [0.2, 0.25) is 0 Å². The zero-order valence-corrected chi connectivity index (χ0v) is 12.0. The van der Waals surface area contributed by atoms with Crippen molar-refractivity contribution >= 4 is 11.7 Å². The summed E-state index contributed by atoms with van der Waals surface area (Å²) >= 11 is 0. The molecule has 0 bridgehead atoms. The maximum atomic E-state index is 11.8. The van der Waals surface area contributed by atoms with Crippen LogP contribution >= 0.6 is 0 Å². The molecule has 19 heavy (non-hydrogen) atoms. The van der Waals surface area contributed by atoms with E-state index in [0.717, 1.165) is 6.54 Å². The molecule has 0 amide bonds. The Kier molecular flexibility index (Phi) is 5.63. The number of esters is 1. The summed E-state index contributed by atoms with van der Waals surface area (Å²) < 4.78 is 10.7. The molecule has 0 unspecified atom stereocenters. The zero-order chi connectivity index (χ0) is 14.4. The number of ether oxygens (including phenoxy) is 2. The number of nitrogens with two attached hydrogens (primary N) is 1. The minimum Gasteiger partial charge on any atom is -0.490 e. The molecule has 0 saturated carbocycles. The second-order valence-corrected chi connectivity index (χ2v) is 4.86. The normalized spacial score (nSPS) is 10.8. The third kappa shape index (κ3) is 5.18. The van der Waals surface area contributed by atoms with Crippen molar-refractivity contribution < 1.29 is 14.3 Å². The van der Waals surface area contributed by atoms with Gasteiger partial charge in [-0.15, -0.1) is 0 Å². The SMILES string of the molecule is CC(C)OC(=O)c1ccc(N)c(OCCN(C)C)c1. The molecule has 0 atom stereocenters. The number of rotatable bonds is 6. The Morgan fingerprint density at radius 2 is 2.05 bits per heavy atom. The fourth-order valence-corrected chi connectivity index (χ4v) is 1.41. The highest BCUT2D eigenvalue weighted by Gasteiger charge is 2.12. The quantitative estimate of drug-likeness (QED) is 0.628. The van der Waals surface area contributed by atoms with E-state index in [1.165, 1.54) is 0 Å². The van der Waals surface area contributed by atoms with E-state index in [0.29, 0.717) is 23.6 Å². The van der Waals surface area contributed by atoms with E-state index in [1.54, 1.807) is 18.2 Å². The first-order chi connectivity index (χ1) is 8.90. The van der Waals surface area contributed by atoms with Crippen LogP contribution in [0.2, 0.25) is 0 Å². The first-order valence-electron chi connectivity index (χ1n) is 6.28. The van der Waals surface area contributed by atoms with Gasteiger partial charge in [0.1, 0.15) is 12.4 Å². The third-order valence-electron chi connectivity index (χ3n) is 2.39. The van der Waals surface area contributed by atoms with E-state index >= 15 is 0 Å². The molecule has 0 fully saturated rings. The number of carbonyl (C=O) groups excluding carboxylic acids is 1. The van der Waals surface area contributed by atoms with Crippen LogP contribution in [0.5, 0.6) is 5.75 Å². The smallest absolute Gasteiger partial charge is 0.338 e. The van der Waals surface area contributed by atoms with Crippen LogP contribution in [0.4, 0.5) is 5.69 Å². The van der Waals surface area contributed by atoms with Crippen LogP contribution in [0.15, 0.2) is 18.2 Å². The maximum absolute atomic E-state index is 11.8. The number of hydrogen-bond donors (Lipinski definition) is 1. The summed E-state index contributed by atoms with van der Waals surface area (Å²) in [7, 11) is 3.92. The number of likely N-dealkylation sites (N-methyl/N-ethyl adjacent to an activating group) is 1. The minimum absolute atomic E-state index is 0.150. The van der Waals surface area contributed by atoms with Gasteiger partial charge in [-0.25, -0.2) is 4.79 Å². The van der Waals surface area contributed by atoms with Crippen LogP contribution in [0.1, 0.15) is 24.2 Å². The van der Waals surface area contributed by atoms with Gasteiger partial charge in [0, 0.05) is 6.54 Å². The van der Waals surface area contributed by atoms with Crippen LogP contribution < -0.4 is 10.5 Å². The largest absolute Gasteiger partial charge is 0.490 e. The van der Waals surface area contributed by atoms with Gasteiger partial charge >= 0.3 is 5.97 Å². The Morgan fingerprint density at radius 1 is 1.37 bits per heavy atom. The lowest BCUT2D eigenvalue weighted by atomic mass is 10.2. The summed E-state index contributed by atoms with van der Waals surface area (Å²) in [5.74, 6) is 0.146. The summed E-state index contributed by atoms with van der Waals surface area (Å²) in [5.41, 5.74) is 6.78. The van der Waals surface area contributed by atoms with Crippen LogP contribution in [0.25, 0.3) is 0 Å². The highest BCUT2D eigenvalue weighted by atomic mass is 16.5. The van der Waals surface area contributed by atoms with Crippen molar-refractivity contribution in [2.75, 3.05) is 33.0 Å². The number of nitrogen functional groups attached to an aromatic ring is 1. The molecule has 0 spiro atoms. The Bertz CT molecular complexity index is 431. The Hall–Kier alpha value is -1.75.